The van der Waals surface area contributed by atoms with E-state index < -0.39 is 11.9 Å². The fourth-order valence-corrected chi connectivity index (χ4v) is 5.14. The lowest BCUT2D eigenvalue weighted by molar-refractivity contribution is -0.133. The van der Waals surface area contributed by atoms with Gasteiger partial charge in [0, 0.05) is 28.3 Å². The van der Waals surface area contributed by atoms with Gasteiger partial charge in [-0.25, -0.2) is 14.6 Å². The molecule has 132 valence electrons. The molecule has 4 rings (SSSR count). The third kappa shape index (κ3) is 2.99. The molecule has 0 amide bonds. The fourth-order valence-electron chi connectivity index (χ4n) is 2.80. The number of carbonyl (C=O) groups is 2. The molecule has 26 heavy (non-hydrogen) atoms. The smallest absolute Gasteiger partial charge is 0.351 e. The molecular weight excluding hydrogens is 374 g/mol. The molecule has 3 heterocycles. The second-order valence-corrected chi connectivity index (χ2v) is 8.01. The summed E-state index contributed by atoms with van der Waals surface area (Å²) in [6, 6.07) is 7.82. The fraction of sp³-hybridized carbons (Fsp3) is 0.176. The molecule has 0 saturated heterocycles. The lowest BCUT2D eigenvalue weighted by atomic mass is 10.1. The van der Waals surface area contributed by atoms with Crippen LogP contribution in [0.15, 0.2) is 47.2 Å². The second kappa shape index (κ2) is 6.58. The van der Waals surface area contributed by atoms with Crippen LogP contribution in [0, 0.1) is 0 Å². The van der Waals surface area contributed by atoms with E-state index >= 15 is 0 Å². The number of para-hydroxylation sites is 2. The molecule has 0 aliphatic carbocycles. The zero-order chi connectivity index (χ0) is 18.3. The average Bonchev–Trinajstić information content (AvgIpc) is 3.04. The Kier molecular flexibility index (Phi) is 4.25. The van der Waals surface area contributed by atoms with Gasteiger partial charge in [-0.05, 0) is 18.6 Å². The van der Waals surface area contributed by atoms with Crippen molar-refractivity contribution in [2.75, 3.05) is 5.75 Å². The van der Waals surface area contributed by atoms with E-state index in [1.807, 2.05) is 34.9 Å². The van der Waals surface area contributed by atoms with Crippen molar-refractivity contribution >= 4 is 56.7 Å². The highest BCUT2D eigenvalue weighted by molar-refractivity contribution is 8.00. The molecule has 1 aliphatic rings. The summed E-state index contributed by atoms with van der Waals surface area (Å²) in [5, 5.41) is 18.2. The number of carboxylic acid groups (broad SMARTS) is 2. The van der Waals surface area contributed by atoms with Crippen molar-refractivity contribution in [2.45, 2.75) is 11.7 Å². The number of nitrogens with zero attached hydrogens (tertiary/aromatic N) is 3. The molecule has 1 unspecified atom stereocenters. The van der Waals surface area contributed by atoms with Gasteiger partial charge in [-0.1, -0.05) is 12.1 Å². The van der Waals surface area contributed by atoms with E-state index in [0.29, 0.717) is 6.42 Å². The van der Waals surface area contributed by atoms with E-state index in [-0.39, 0.29) is 22.3 Å². The van der Waals surface area contributed by atoms with E-state index in [0.717, 1.165) is 20.9 Å². The Labute approximate surface area is 155 Å². The van der Waals surface area contributed by atoms with Gasteiger partial charge in [-0.3, -0.25) is 9.39 Å². The van der Waals surface area contributed by atoms with Crippen LogP contribution in [0.1, 0.15) is 4.88 Å². The minimum atomic E-state index is -1.12. The minimum Gasteiger partial charge on any atom is -0.478 e. The number of fused-ring (bicyclic) bond motifs is 3. The Bertz CT molecular complexity index is 1100. The third-order valence-corrected chi connectivity index (χ3v) is 6.33. The van der Waals surface area contributed by atoms with Crippen LogP contribution in [0.5, 0.6) is 0 Å². The number of thiazole rings is 1. The predicted octanol–water partition coefficient (Wildman–Crippen LogP) is 2.70. The van der Waals surface area contributed by atoms with Crippen molar-refractivity contribution < 1.29 is 19.8 Å². The Morgan fingerprint density at radius 3 is 2.81 bits per heavy atom. The molecule has 1 aliphatic heterocycles. The summed E-state index contributed by atoms with van der Waals surface area (Å²) >= 11 is 2.79. The Morgan fingerprint density at radius 2 is 2.04 bits per heavy atom. The number of aliphatic carboxylic acids is 2. The van der Waals surface area contributed by atoms with Gasteiger partial charge in [-0.15, -0.1) is 23.1 Å². The van der Waals surface area contributed by atoms with E-state index in [1.54, 1.807) is 0 Å². The van der Waals surface area contributed by atoms with Crippen LogP contribution >= 0.6 is 23.1 Å². The van der Waals surface area contributed by atoms with Crippen molar-refractivity contribution in [3.63, 3.8) is 0 Å². The molecule has 2 aromatic heterocycles. The standard InChI is InChI=1S/C17H13N3O4S2/c21-15(22)10-6-18-12(16(23)24)8-25-14(10)5-9-7-20-13-4-2-1-3-11(13)19-17(20)26-9/h1-4,6-7,14H,5,8H2,(H,21,22)(H,23,24). The van der Waals surface area contributed by atoms with Crippen LogP contribution in [0.3, 0.4) is 0 Å². The summed E-state index contributed by atoms with van der Waals surface area (Å²) in [6.45, 7) is 0. The van der Waals surface area contributed by atoms with Crippen LogP contribution in [0.2, 0.25) is 0 Å². The van der Waals surface area contributed by atoms with Crippen molar-refractivity contribution in [3.8, 4) is 0 Å². The molecule has 3 aromatic rings. The van der Waals surface area contributed by atoms with E-state index in [2.05, 4.69) is 9.98 Å². The Hall–Kier alpha value is -2.65. The van der Waals surface area contributed by atoms with Crippen LogP contribution in [-0.2, 0) is 16.0 Å². The van der Waals surface area contributed by atoms with Gasteiger partial charge >= 0.3 is 11.9 Å². The van der Waals surface area contributed by atoms with Gasteiger partial charge in [0.05, 0.1) is 16.6 Å². The number of aromatic nitrogens is 2. The lowest BCUT2D eigenvalue weighted by Crippen LogP contribution is -2.19. The van der Waals surface area contributed by atoms with Crippen molar-refractivity contribution in [3.05, 3.63) is 47.1 Å². The van der Waals surface area contributed by atoms with Crippen LogP contribution in [0.4, 0.5) is 0 Å². The Morgan fingerprint density at radius 1 is 1.23 bits per heavy atom. The first kappa shape index (κ1) is 16.8. The van der Waals surface area contributed by atoms with Gasteiger partial charge in [0.2, 0.25) is 0 Å². The normalized spacial score (nSPS) is 17.8. The SMILES string of the molecule is O=C(O)C1=CN=C(C(=O)O)CSC1Cc1cn2c(nc3ccccc32)s1. The average molecular weight is 387 g/mol. The topological polar surface area (TPSA) is 104 Å². The lowest BCUT2D eigenvalue weighted by Gasteiger charge is -2.13. The molecule has 7 nitrogen and oxygen atoms in total. The number of carboxylic acids is 2. The van der Waals surface area contributed by atoms with Gasteiger partial charge < -0.3 is 10.2 Å². The first-order chi connectivity index (χ1) is 12.5. The first-order valence-electron chi connectivity index (χ1n) is 7.73. The molecule has 0 radical (unpaired) electrons. The summed E-state index contributed by atoms with van der Waals surface area (Å²) in [6.07, 6.45) is 3.62. The molecule has 9 heteroatoms. The number of imidazole rings is 1. The molecule has 0 spiro atoms. The monoisotopic (exact) mass is 387 g/mol. The Balaban J connectivity index is 1.64. The molecule has 0 fully saturated rings. The summed E-state index contributed by atoms with van der Waals surface area (Å²) in [4.78, 5) is 32.9. The largest absolute Gasteiger partial charge is 0.478 e. The number of hydrogen-bond acceptors (Lipinski definition) is 6. The van der Waals surface area contributed by atoms with Gasteiger partial charge in [-0.2, -0.15) is 0 Å². The first-order valence-corrected chi connectivity index (χ1v) is 9.60. The molecule has 1 atom stereocenters. The number of hydrogen-bond donors (Lipinski definition) is 2. The minimum absolute atomic E-state index is 0.0387. The number of benzene rings is 1. The van der Waals surface area contributed by atoms with Gasteiger partial charge in [0.1, 0.15) is 5.71 Å². The van der Waals surface area contributed by atoms with Crippen LogP contribution < -0.4 is 0 Å². The maximum Gasteiger partial charge on any atom is 0.351 e. The van der Waals surface area contributed by atoms with E-state index in [4.69, 9.17) is 5.11 Å². The van der Waals surface area contributed by atoms with Crippen molar-refractivity contribution in [1.29, 1.82) is 0 Å². The quantitative estimate of drug-likeness (QED) is 0.713. The summed E-state index contributed by atoms with van der Waals surface area (Å²) in [5.74, 6) is -2.04. The summed E-state index contributed by atoms with van der Waals surface area (Å²) in [7, 11) is 0. The van der Waals surface area contributed by atoms with E-state index in [9.17, 15) is 14.7 Å². The van der Waals surface area contributed by atoms with E-state index in [1.165, 1.54) is 29.3 Å². The van der Waals surface area contributed by atoms with Crippen molar-refractivity contribution in [1.82, 2.24) is 9.38 Å². The zero-order valence-corrected chi connectivity index (χ0v) is 15.0. The summed E-state index contributed by atoms with van der Waals surface area (Å²) in [5.41, 5.74) is 1.99. The molecule has 1 aromatic carbocycles. The molecule has 0 saturated carbocycles. The van der Waals surface area contributed by atoms with Gasteiger partial charge in [0.25, 0.3) is 0 Å². The van der Waals surface area contributed by atoms with Crippen molar-refractivity contribution in [2.24, 2.45) is 4.99 Å². The summed E-state index contributed by atoms with van der Waals surface area (Å²) < 4.78 is 2.00. The third-order valence-electron chi connectivity index (χ3n) is 4.07. The van der Waals surface area contributed by atoms with Crippen LogP contribution in [0.25, 0.3) is 16.0 Å². The number of thioether (sulfide) groups is 1. The zero-order valence-electron chi connectivity index (χ0n) is 13.3. The number of aliphatic imine (C=N–C) groups is 1. The second-order valence-electron chi connectivity index (χ2n) is 5.72. The van der Waals surface area contributed by atoms with Crippen LogP contribution in [-0.4, -0.2) is 48.3 Å². The highest BCUT2D eigenvalue weighted by Crippen LogP contribution is 2.30. The van der Waals surface area contributed by atoms with Gasteiger partial charge in [0.15, 0.2) is 4.96 Å². The predicted molar refractivity (Wildman–Crippen MR) is 101 cm³/mol. The molecular formula is C17H13N3O4S2. The number of rotatable bonds is 4. The maximum absolute atomic E-state index is 11.6. The maximum atomic E-state index is 11.6. The highest BCUT2D eigenvalue weighted by Gasteiger charge is 2.27. The highest BCUT2D eigenvalue weighted by atomic mass is 32.2. The molecule has 2 N–H and O–H groups in total. The molecule has 0 bridgehead atoms.